The molecule has 1 aromatic rings. The number of halogens is 1. The van der Waals surface area contributed by atoms with E-state index in [1.54, 1.807) is 18.2 Å². The van der Waals surface area contributed by atoms with Crippen LogP contribution in [0.5, 0.6) is 0 Å². The van der Waals surface area contributed by atoms with Crippen molar-refractivity contribution >= 4 is 11.5 Å². The highest BCUT2D eigenvalue weighted by atomic mass is 19.1. The number of benzene rings is 1. The first-order valence-corrected chi connectivity index (χ1v) is 5.65. The normalized spacial score (nSPS) is 10.1. The van der Waals surface area contributed by atoms with Gasteiger partial charge in [-0.2, -0.15) is 0 Å². The van der Waals surface area contributed by atoms with Crippen LogP contribution in [0.3, 0.4) is 0 Å². The van der Waals surface area contributed by atoms with E-state index in [-0.39, 0.29) is 11.1 Å². The summed E-state index contributed by atoms with van der Waals surface area (Å²) in [5.74, 6) is -1.43. The molecule has 0 fully saturated rings. The first-order chi connectivity index (χ1) is 8.61. The summed E-state index contributed by atoms with van der Waals surface area (Å²) in [5.41, 5.74) is 5.76. The Kier molecular flexibility index (Phi) is 7.05. The summed E-state index contributed by atoms with van der Waals surface area (Å²) in [6.07, 6.45) is 4.62. The van der Waals surface area contributed by atoms with E-state index >= 15 is 0 Å². The third-order valence-corrected chi connectivity index (χ3v) is 2.09. The topological polar surface area (TPSA) is 43.1 Å². The molecule has 96 valence electrons. The van der Waals surface area contributed by atoms with Crippen LogP contribution in [0.2, 0.25) is 0 Å². The smallest absolute Gasteiger partial charge is 0.251 e. The summed E-state index contributed by atoms with van der Waals surface area (Å²) < 4.78 is 13.9. The molecular weight excluding hydrogens is 229 g/mol. The van der Waals surface area contributed by atoms with Gasteiger partial charge in [-0.25, -0.2) is 4.39 Å². The number of hydrogen-bond donors (Lipinski definition) is 1. The third-order valence-electron chi connectivity index (χ3n) is 2.09. The van der Waals surface area contributed by atoms with Gasteiger partial charge in [-0.1, -0.05) is 57.4 Å². The molecule has 2 N–H and O–H groups in total. The number of rotatable bonds is 4. The van der Waals surface area contributed by atoms with E-state index in [2.05, 4.69) is 13.2 Å². The molecular formula is C15H18FNO. The molecule has 0 aliphatic carbocycles. The van der Waals surface area contributed by atoms with Crippen LogP contribution in [-0.2, 0) is 0 Å². The fourth-order valence-electron chi connectivity index (χ4n) is 1.34. The van der Waals surface area contributed by atoms with Gasteiger partial charge < -0.3 is 5.73 Å². The molecule has 3 heteroatoms. The maximum absolute atomic E-state index is 13.9. The zero-order chi connectivity index (χ0) is 14.1. The molecule has 0 aliphatic rings. The van der Waals surface area contributed by atoms with Crippen molar-refractivity contribution in [1.29, 1.82) is 0 Å². The van der Waals surface area contributed by atoms with Crippen LogP contribution in [0.1, 0.15) is 29.8 Å². The fraction of sp³-hybridized carbons (Fsp3) is 0.133. The SMILES string of the molecule is C=C/C=C(\C=C)c1cccc(C(N)=O)c1F.CC. The summed E-state index contributed by atoms with van der Waals surface area (Å²) in [4.78, 5) is 11.0. The average molecular weight is 247 g/mol. The summed E-state index contributed by atoms with van der Waals surface area (Å²) in [6.45, 7) is 11.1. The molecule has 0 atom stereocenters. The van der Waals surface area contributed by atoms with Gasteiger partial charge in [0.2, 0.25) is 0 Å². The van der Waals surface area contributed by atoms with Crippen molar-refractivity contribution in [3.8, 4) is 0 Å². The maximum Gasteiger partial charge on any atom is 0.251 e. The monoisotopic (exact) mass is 247 g/mol. The first kappa shape index (κ1) is 15.8. The molecule has 0 spiro atoms. The van der Waals surface area contributed by atoms with Crippen molar-refractivity contribution in [1.82, 2.24) is 0 Å². The predicted molar refractivity (Wildman–Crippen MR) is 74.6 cm³/mol. The molecule has 2 nitrogen and oxygen atoms in total. The van der Waals surface area contributed by atoms with E-state index in [9.17, 15) is 9.18 Å². The van der Waals surface area contributed by atoms with Gasteiger partial charge in [0.05, 0.1) is 5.56 Å². The maximum atomic E-state index is 13.9. The number of carbonyl (C=O) groups excluding carboxylic acids is 1. The van der Waals surface area contributed by atoms with Gasteiger partial charge in [-0.3, -0.25) is 4.79 Å². The molecule has 0 unspecified atom stereocenters. The lowest BCUT2D eigenvalue weighted by Crippen LogP contribution is -2.13. The number of hydrogen-bond acceptors (Lipinski definition) is 1. The molecule has 18 heavy (non-hydrogen) atoms. The third kappa shape index (κ3) is 3.70. The van der Waals surface area contributed by atoms with Crippen LogP contribution < -0.4 is 5.73 Å². The largest absolute Gasteiger partial charge is 0.366 e. The Hall–Kier alpha value is -2.16. The molecule has 0 saturated heterocycles. The highest BCUT2D eigenvalue weighted by Crippen LogP contribution is 2.21. The lowest BCUT2D eigenvalue weighted by atomic mass is 10.0. The Morgan fingerprint density at radius 2 is 1.83 bits per heavy atom. The predicted octanol–water partition coefficient (Wildman–Crippen LogP) is 3.71. The molecule has 0 aromatic heterocycles. The van der Waals surface area contributed by atoms with Crippen molar-refractivity contribution in [2.75, 3.05) is 0 Å². The molecule has 1 amide bonds. The molecule has 0 aliphatic heterocycles. The number of carbonyl (C=O) groups is 1. The molecule has 0 saturated carbocycles. The number of primary amides is 1. The molecule has 0 heterocycles. The standard InChI is InChI=1S/C13H12FNO.C2H6/c1-3-6-9(4-2)10-7-5-8-11(12(10)14)13(15)16;1-2/h3-8H,1-2H2,(H2,15,16);1-2H3/b9-6+;. The zero-order valence-electron chi connectivity index (χ0n) is 10.7. The summed E-state index contributed by atoms with van der Waals surface area (Å²) in [7, 11) is 0. The highest BCUT2D eigenvalue weighted by Gasteiger charge is 2.13. The average Bonchev–Trinajstić information content (AvgIpc) is 2.38. The van der Waals surface area contributed by atoms with Gasteiger partial charge in [-0.15, -0.1) is 0 Å². The second-order valence-corrected chi connectivity index (χ2v) is 3.09. The van der Waals surface area contributed by atoms with Crippen molar-refractivity contribution in [3.63, 3.8) is 0 Å². The van der Waals surface area contributed by atoms with Crippen molar-refractivity contribution in [2.24, 2.45) is 5.73 Å². The van der Waals surface area contributed by atoms with Gasteiger partial charge in [0.15, 0.2) is 0 Å². The van der Waals surface area contributed by atoms with Gasteiger partial charge in [0, 0.05) is 5.56 Å². The zero-order valence-corrected chi connectivity index (χ0v) is 10.7. The van der Waals surface area contributed by atoms with Crippen LogP contribution >= 0.6 is 0 Å². The Balaban J connectivity index is 0.00000137. The minimum absolute atomic E-state index is 0.130. The number of nitrogens with two attached hydrogens (primary N) is 1. The van der Waals surface area contributed by atoms with Crippen LogP contribution in [0, 0.1) is 5.82 Å². The van der Waals surface area contributed by atoms with Gasteiger partial charge >= 0.3 is 0 Å². The minimum Gasteiger partial charge on any atom is -0.366 e. The quantitative estimate of drug-likeness (QED) is 0.810. The summed E-state index contributed by atoms with van der Waals surface area (Å²) >= 11 is 0. The van der Waals surface area contributed by atoms with Crippen LogP contribution in [0.25, 0.3) is 5.57 Å². The van der Waals surface area contributed by atoms with Gasteiger partial charge in [-0.05, 0) is 11.6 Å². The summed E-state index contributed by atoms with van der Waals surface area (Å²) in [6, 6.07) is 4.47. The lowest BCUT2D eigenvalue weighted by molar-refractivity contribution is 0.0996. The van der Waals surface area contributed by atoms with E-state index < -0.39 is 11.7 Å². The van der Waals surface area contributed by atoms with E-state index in [0.29, 0.717) is 5.57 Å². The van der Waals surface area contributed by atoms with Crippen molar-refractivity contribution in [3.05, 3.63) is 66.5 Å². The fourth-order valence-corrected chi connectivity index (χ4v) is 1.34. The van der Waals surface area contributed by atoms with E-state index in [1.165, 1.54) is 18.2 Å². The number of amides is 1. The minimum atomic E-state index is -0.790. The van der Waals surface area contributed by atoms with E-state index in [0.717, 1.165) is 0 Å². The van der Waals surface area contributed by atoms with Crippen molar-refractivity contribution < 1.29 is 9.18 Å². The van der Waals surface area contributed by atoms with Gasteiger partial charge in [0.25, 0.3) is 5.91 Å². The Morgan fingerprint density at radius 3 is 2.28 bits per heavy atom. The second kappa shape index (κ2) is 8.01. The van der Waals surface area contributed by atoms with Gasteiger partial charge in [0.1, 0.15) is 5.82 Å². The summed E-state index contributed by atoms with van der Waals surface area (Å²) in [5, 5.41) is 0. The van der Waals surface area contributed by atoms with Crippen LogP contribution in [0.4, 0.5) is 4.39 Å². The van der Waals surface area contributed by atoms with E-state index in [4.69, 9.17) is 5.73 Å². The highest BCUT2D eigenvalue weighted by molar-refractivity contribution is 5.94. The molecule has 1 rings (SSSR count). The Morgan fingerprint density at radius 1 is 1.28 bits per heavy atom. The first-order valence-electron chi connectivity index (χ1n) is 5.65. The Labute approximate surface area is 107 Å². The molecule has 0 radical (unpaired) electrons. The van der Waals surface area contributed by atoms with E-state index in [1.807, 2.05) is 13.8 Å². The number of allylic oxidation sites excluding steroid dienone is 4. The Bertz CT molecular complexity index is 475. The molecule has 0 bridgehead atoms. The molecule has 1 aromatic carbocycles. The lowest BCUT2D eigenvalue weighted by Gasteiger charge is -2.06. The van der Waals surface area contributed by atoms with Crippen molar-refractivity contribution in [2.45, 2.75) is 13.8 Å². The van der Waals surface area contributed by atoms with Crippen LogP contribution in [-0.4, -0.2) is 5.91 Å². The van der Waals surface area contributed by atoms with Crippen LogP contribution in [0.15, 0.2) is 49.6 Å². The second-order valence-electron chi connectivity index (χ2n) is 3.09.